The lowest BCUT2D eigenvalue weighted by Crippen LogP contribution is -2.31. The molecule has 1 aliphatic heterocycles. The van der Waals surface area contributed by atoms with Gasteiger partial charge in [-0.05, 0) is 55.8 Å². The Balaban J connectivity index is 1.61. The molecule has 2 heteroatoms. The van der Waals surface area contributed by atoms with E-state index in [0.717, 1.165) is 25.0 Å². The average molecular weight is 244 g/mol. The summed E-state index contributed by atoms with van der Waals surface area (Å²) in [6.45, 7) is 5.61. The molecule has 3 rings (SSSR count). The second-order valence-corrected chi connectivity index (χ2v) is 5.83. The predicted octanol–water partition coefficient (Wildman–Crippen LogP) is 3.17. The Morgan fingerprint density at radius 2 is 2.06 bits per heavy atom. The monoisotopic (exact) mass is 244 g/mol. The van der Waals surface area contributed by atoms with Crippen LogP contribution in [0.2, 0.25) is 0 Å². The van der Waals surface area contributed by atoms with E-state index in [4.69, 9.17) is 0 Å². The highest BCUT2D eigenvalue weighted by Gasteiger charge is 2.37. The van der Waals surface area contributed by atoms with Gasteiger partial charge in [0.05, 0.1) is 0 Å². The highest BCUT2D eigenvalue weighted by molar-refractivity contribution is 5.50. The maximum atomic E-state index is 3.45. The summed E-state index contributed by atoms with van der Waals surface area (Å²) in [7, 11) is 0. The lowest BCUT2D eigenvalue weighted by atomic mass is 10.1. The van der Waals surface area contributed by atoms with E-state index in [-0.39, 0.29) is 0 Å². The van der Waals surface area contributed by atoms with Crippen molar-refractivity contribution in [2.45, 2.75) is 45.2 Å². The van der Waals surface area contributed by atoms with Crippen LogP contribution in [0.15, 0.2) is 24.3 Å². The minimum Gasteiger partial charge on any atom is -0.368 e. The molecule has 1 aromatic carbocycles. The Labute approximate surface area is 110 Å². The summed E-state index contributed by atoms with van der Waals surface area (Å²) in [6.07, 6.45) is 5.50. The largest absolute Gasteiger partial charge is 0.368 e. The van der Waals surface area contributed by atoms with Crippen LogP contribution in [0.3, 0.4) is 0 Å². The van der Waals surface area contributed by atoms with Gasteiger partial charge >= 0.3 is 0 Å². The zero-order valence-corrected chi connectivity index (χ0v) is 11.4. The zero-order chi connectivity index (χ0) is 12.4. The van der Waals surface area contributed by atoms with Crippen molar-refractivity contribution in [3.05, 3.63) is 29.8 Å². The summed E-state index contributed by atoms with van der Waals surface area (Å²) < 4.78 is 0. The first-order valence-corrected chi connectivity index (χ1v) is 7.43. The Hall–Kier alpha value is -1.02. The number of benzene rings is 1. The number of piperidine rings is 1. The standard InChI is InChI=1S/C16H24N2/c1-2-9-17-11-13-3-6-15(7-4-13)18-12-14-5-8-16(18)10-14/h3-4,6-7,14,16-17H,2,5,8-12H2,1H3. The summed E-state index contributed by atoms with van der Waals surface area (Å²) >= 11 is 0. The van der Waals surface area contributed by atoms with Gasteiger partial charge in [0, 0.05) is 24.8 Å². The van der Waals surface area contributed by atoms with Gasteiger partial charge in [-0.3, -0.25) is 0 Å². The molecule has 0 aromatic heterocycles. The third-order valence-corrected chi connectivity index (χ3v) is 4.43. The molecule has 1 N–H and O–H groups in total. The van der Waals surface area contributed by atoms with Crippen LogP contribution in [-0.2, 0) is 6.54 Å². The SMILES string of the molecule is CCCNCc1ccc(N2CC3CCC2C3)cc1. The maximum absolute atomic E-state index is 3.45. The van der Waals surface area contributed by atoms with Gasteiger partial charge < -0.3 is 10.2 Å². The van der Waals surface area contributed by atoms with E-state index in [1.807, 2.05) is 0 Å². The summed E-state index contributed by atoms with van der Waals surface area (Å²) in [5, 5.41) is 3.45. The Morgan fingerprint density at radius 1 is 1.22 bits per heavy atom. The van der Waals surface area contributed by atoms with Gasteiger partial charge in [-0.15, -0.1) is 0 Å². The van der Waals surface area contributed by atoms with Crippen molar-refractivity contribution in [3.8, 4) is 0 Å². The topological polar surface area (TPSA) is 15.3 Å². The molecule has 1 aliphatic carbocycles. The number of rotatable bonds is 5. The number of nitrogens with zero attached hydrogens (tertiary/aromatic N) is 1. The average Bonchev–Trinajstić information content (AvgIpc) is 3.02. The Morgan fingerprint density at radius 3 is 2.67 bits per heavy atom. The van der Waals surface area contributed by atoms with Crippen molar-refractivity contribution in [2.75, 3.05) is 18.0 Å². The first-order valence-electron chi connectivity index (χ1n) is 7.43. The molecule has 0 radical (unpaired) electrons. The normalized spacial score (nSPS) is 25.9. The quantitative estimate of drug-likeness (QED) is 0.800. The van der Waals surface area contributed by atoms with Gasteiger partial charge in [-0.2, -0.15) is 0 Å². The molecular formula is C16H24N2. The van der Waals surface area contributed by atoms with E-state index >= 15 is 0 Å². The van der Waals surface area contributed by atoms with Crippen LogP contribution in [-0.4, -0.2) is 19.1 Å². The molecule has 2 atom stereocenters. The van der Waals surface area contributed by atoms with Crippen LogP contribution < -0.4 is 10.2 Å². The number of hydrogen-bond donors (Lipinski definition) is 1. The van der Waals surface area contributed by atoms with E-state index < -0.39 is 0 Å². The van der Waals surface area contributed by atoms with Crippen LogP contribution in [0.25, 0.3) is 0 Å². The highest BCUT2D eigenvalue weighted by Crippen LogP contribution is 2.40. The highest BCUT2D eigenvalue weighted by atomic mass is 15.2. The van der Waals surface area contributed by atoms with E-state index in [1.165, 1.54) is 43.5 Å². The van der Waals surface area contributed by atoms with Gasteiger partial charge in [0.1, 0.15) is 0 Å². The maximum Gasteiger partial charge on any atom is 0.0369 e. The Kier molecular flexibility index (Phi) is 3.55. The molecule has 0 spiro atoms. The second-order valence-electron chi connectivity index (χ2n) is 5.83. The van der Waals surface area contributed by atoms with Crippen molar-refractivity contribution < 1.29 is 0 Å². The fourth-order valence-electron chi connectivity index (χ4n) is 3.46. The number of fused-ring (bicyclic) bond motifs is 2. The van der Waals surface area contributed by atoms with Gasteiger partial charge in [-0.1, -0.05) is 19.1 Å². The van der Waals surface area contributed by atoms with Crippen molar-refractivity contribution in [2.24, 2.45) is 5.92 Å². The molecule has 1 saturated heterocycles. The summed E-state index contributed by atoms with van der Waals surface area (Å²) in [4.78, 5) is 2.62. The molecule has 1 aromatic rings. The minimum atomic E-state index is 0.832. The molecule has 0 amide bonds. The van der Waals surface area contributed by atoms with E-state index in [9.17, 15) is 0 Å². The van der Waals surface area contributed by atoms with Crippen LogP contribution in [0.4, 0.5) is 5.69 Å². The molecule has 2 nitrogen and oxygen atoms in total. The summed E-state index contributed by atoms with van der Waals surface area (Å²) in [6, 6.07) is 10.0. The summed E-state index contributed by atoms with van der Waals surface area (Å²) in [5.74, 6) is 0.973. The lowest BCUT2D eigenvalue weighted by Gasteiger charge is -2.29. The van der Waals surface area contributed by atoms with Gasteiger partial charge in [-0.25, -0.2) is 0 Å². The number of hydrogen-bond acceptors (Lipinski definition) is 2. The fourth-order valence-corrected chi connectivity index (χ4v) is 3.46. The van der Waals surface area contributed by atoms with Gasteiger partial charge in [0.15, 0.2) is 0 Å². The smallest absolute Gasteiger partial charge is 0.0369 e. The molecule has 98 valence electrons. The molecule has 1 heterocycles. The third-order valence-electron chi connectivity index (χ3n) is 4.43. The molecular weight excluding hydrogens is 220 g/mol. The van der Waals surface area contributed by atoms with Crippen LogP contribution in [0.1, 0.15) is 38.2 Å². The summed E-state index contributed by atoms with van der Waals surface area (Å²) in [5.41, 5.74) is 2.83. The van der Waals surface area contributed by atoms with Gasteiger partial charge in [0.2, 0.25) is 0 Å². The van der Waals surface area contributed by atoms with Crippen LogP contribution in [0.5, 0.6) is 0 Å². The Bertz CT molecular complexity index is 385. The van der Waals surface area contributed by atoms with Crippen molar-refractivity contribution in [1.82, 2.24) is 5.32 Å². The molecule has 2 bridgehead atoms. The molecule has 18 heavy (non-hydrogen) atoms. The third kappa shape index (κ3) is 2.39. The molecule has 2 fully saturated rings. The van der Waals surface area contributed by atoms with E-state index in [1.54, 1.807) is 0 Å². The second kappa shape index (κ2) is 5.31. The molecule has 2 unspecified atom stereocenters. The fraction of sp³-hybridized carbons (Fsp3) is 0.625. The van der Waals surface area contributed by atoms with E-state index in [0.29, 0.717) is 0 Å². The predicted molar refractivity (Wildman–Crippen MR) is 76.9 cm³/mol. The first kappa shape index (κ1) is 12.0. The van der Waals surface area contributed by atoms with Crippen molar-refractivity contribution in [3.63, 3.8) is 0 Å². The molecule has 1 saturated carbocycles. The van der Waals surface area contributed by atoms with Crippen LogP contribution >= 0.6 is 0 Å². The number of nitrogens with one attached hydrogen (secondary N) is 1. The van der Waals surface area contributed by atoms with Crippen LogP contribution in [0, 0.1) is 5.92 Å². The van der Waals surface area contributed by atoms with Crippen molar-refractivity contribution >= 4 is 5.69 Å². The number of anilines is 1. The lowest BCUT2D eigenvalue weighted by molar-refractivity contribution is 0.553. The van der Waals surface area contributed by atoms with E-state index in [2.05, 4.69) is 41.4 Å². The van der Waals surface area contributed by atoms with Crippen molar-refractivity contribution in [1.29, 1.82) is 0 Å². The van der Waals surface area contributed by atoms with Gasteiger partial charge in [0.25, 0.3) is 0 Å². The zero-order valence-electron chi connectivity index (χ0n) is 11.4. The minimum absolute atomic E-state index is 0.832. The first-order chi connectivity index (χ1) is 8.86. The molecule has 2 aliphatic rings.